The van der Waals surface area contributed by atoms with Crippen LogP contribution in [-0.2, 0) is 9.59 Å². The number of Topliss-reactive ketones (excluding diaryl/α,β-unsaturated/α-hetero) is 1. The first-order valence-corrected chi connectivity index (χ1v) is 7.30. The first-order chi connectivity index (χ1) is 9.61. The second-order valence-corrected chi connectivity index (χ2v) is 5.44. The highest BCUT2D eigenvalue weighted by atomic mass is 35.5. The van der Waals surface area contributed by atoms with Gasteiger partial charge in [0.25, 0.3) is 0 Å². The summed E-state index contributed by atoms with van der Waals surface area (Å²) in [7, 11) is 0. The number of anilines is 1. The molecule has 1 aromatic carbocycles. The van der Waals surface area contributed by atoms with Crippen LogP contribution in [0.2, 0.25) is 0 Å². The van der Waals surface area contributed by atoms with Crippen molar-refractivity contribution in [2.45, 2.75) is 37.7 Å². The number of carbonyl (C=O) groups is 2. The largest absolute Gasteiger partial charge is 0.393 e. The molecular weight excluding hydrogens is 278 g/mol. The first-order valence-electron chi connectivity index (χ1n) is 6.77. The lowest BCUT2D eigenvalue weighted by Gasteiger charge is -2.11. The molecule has 2 N–H and O–H groups in total. The third kappa shape index (κ3) is 3.58. The molecule has 2 rings (SSSR count). The third-order valence-electron chi connectivity index (χ3n) is 3.48. The lowest BCUT2D eigenvalue weighted by molar-refractivity contribution is -0.125. The minimum absolute atomic E-state index is 0.0861. The lowest BCUT2D eigenvalue weighted by atomic mass is 9.93. The van der Waals surface area contributed by atoms with Crippen molar-refractivity contribution in [1.29, 1.82) is 0 Å². The highest BCUT2D eigenvalue weighted by Crippen LogP contribution is 2.34. The Morgan fingerprint density at radius 3 is 2.90 bits per heavy atom. The van der Waals surface area contributed by atoms with Crippen LogP contribution >= 0.6 is 11.6 Å². The number of aliphatic hydroxyl groups excluding tert-OH is 1. The SMILES string of the molecule is O=C(C[C@H](O)CCCCl)C[C@H]1C(=O)Nc2ccccc21. The second-order valence-electron chi connectivity index (χ2n) is 5.06. The zero-order valence-corrected chi connectivity index (χ0v) is 11.9. The number of para-hydroxylation sites is 1. The summed E-state index contributed by atoms with van der Waals surface area (Å²) in [6.07, 6.45) is 0.760. The molecule has 0 saturated heterocycles. The fraction of sp³-hybridized carbons (Fsp3) is 0.467. The van der Waals surface area contributed by atoms with Crippen molar-refractivity contribution >= 4 is 29.0 Å². The Hall–Kier alpha value is -1.39. The minimum Gasteiger partial charge on any atom is -0.393 e. The van der Waals surface area contributed by atoms with E-state index >= 15 is 0 Å². The number of fused-ring (bicyclic) bond motifs is 1. The van der Waals surface area contributed by atoms with Gasteiger partial charge in [-0.15, -0.1) is 11.6 Å². The van der Waals surface area contributed by atoms with Crippen LogP contribution in [0.4, 0.5) is 5.69 Å². The van der Waals surface area contributed by atoms with Crippen molar-refractivity contribution in [1.82, 2.24) is 0 Å². The number of carbonyl (C=O) groups excluding carboxylic acids is 2. The van der Waals surface area contributed by atoms with E-state index in [-0.39, 0.29) is 24.5 Å². The van der Waals surface area contributed by atoms with Crippen LogP contribution in [0, 0.1) is 0 Å². The number of aliphatic hydroxyl groups is 1. The van der Waals surface area contributed by atoms with Gasteiger partial charge in [-0.3, -0.25) is 9.59 Å². The van der Waals surface area contributed by atoms with Crippen LogP contribution in [0.3, 0.4) is 0 Å². The Morgan fingerprint density at radius 2 is 2.15 bits per heavy atom. The molecule has 0 spiro atoms. The molecule has 1 aromatic rings. The first kappa shape index (κ1) is 15.0. The minimum atomic E-state index is -0.666. The van der Waals surface area contributed by atoms with E-state index in [1.807, 2.05) is 24.3 Å². The molecule has 1 heterocycles. The summed E-state index contributed by atoms with van der Waals surface area (Å²) in [6, 6.07) is 7.38. The molecule has 0 fully saturated rings. The smallest absolute Gasteiger partial charge is 0.232 e. The Balaban J connectivity index is 1.93. The van der Waals surface area contributed by atoms with E-state index in [1.165, 1.54) is 0 Å². The van der Waals surface area contributed by atoms with Gasteiger partial charge in [-0.05, 0) is 24.5 Å². The van der Waals surface area contributed by atoms with Crippen LogP contribution in [0.25, 0.3) is 0 Å². The molecule has 0 aliphatic carbocycles. The predicted octanol–water partition coefficient (Wildman–Crippen LogP) is 2.45. The quantitative estimate of drug-likeness (QED) is 0.759. The number of hydrogen-bond acceptors (Lipinski definition) is 3. The van der Waals surface area contributed by atoms with Crippen molar-refractivity contribution in [3.8, 4) is 0 Å². The average molecular weight is 296 g/mol. The zero-order valence-electron chi connectivity index (χ0n) is 11.1. The van der Waals surface area contributed by atoms with Gasteiger partial charge in [-0.25, -0.2) is 0 Å². The number of alkyl halides is 1. The second kappa shape index (κ2) is 6.86. The summed E-state index contributed by atoms with van der Waals surface area (Å²) in [4.78, 5) is 23.8. The highest BCUT2D eigenvalue weighted by Gasteiger charge is 2.32. The van der Waals surface area contributed by atoms with Gasteiger partial charge >= 0.3 is 0 Å². The topological polar surface area (TPSA) is 66.4 Å². The van der Waals surface area contributed by atoms with Crippen LogP contribution < -0.4 is 5.32 Å². The van der Waals surface area contributed by atoms with Crippen LogP contribution in [-0.4, -0.2) is 28.8 Å². The van der Waals surface area contributed by atoms with E-state index in [1.54, 1.807) is 0 Å². The Morgan fingerprint density at radius 1 is 1.40 bits per heavy atom. The Bertz CT molecular complexity index is 504. The molecule has 20 heavy (non-hydrogen) atoms. The van der Waals surface area contributed by atoms with Crippen molar-refractivity contribution in [2.75, 3.05) is 11.2 Å². The van der Waals surface area contributed by atoms with E-state index in [9.17, 15) is 14.7 Å². The molecule has 1 aliphatic heterocycles. The molecule has 5 heteroatoms. The standard InChI is InChI=1S/C15H18ClNO3/c16-7-3-4-10(18)8-11(19)9-13-12-5-1-2-6-14(12)17-15(13)20/h1-2,5-6,10,13,18H,3-4,7-9H2,(H,17,20)/t10-,13-/m1/s1. The lowest BCUT2D eigenvalue weighted by Crippen LogP contribution is -2.19. The maximum absolute atomic E-state index is 12.0. The summed E-state index contributed by atoms with van der Waals surface area (Å²) in [6.45, 7) is 0. The van der Waals surface area contributed by atoms with E-state index in [2.05, 4.69) is 5.32 Å². The van der Waals surface area contributed by atoms with Crippen molar-refractivity contribution in [2.24, 2.45) is 0 Å². The average Bonchev–Trinajstić information content (AvgIpc) is 2.73. The van der Waals surface area contributed by atoms with Crippen LogP contribution in [0.15, 0.2) is 24.3 Å². The molecule has 1 aliphatic rings. The van der Waals surface area contributed by atoms with E-state index in [4.69, 9.17) is 11.6 Å². The number of amides is 1. The van der Waals surface area contributed by atoms with Gasteiger partial charge < -0.3 is 10.4 Å². The van der Waals surface area contributed by atoms with Crippen LogP contribution in [0.1, 0.15) is 37.2 Å². The molecule has 0 unspecified atom stereocenters. The fourth-order valence-electron chi connectivity index (χ4n) is 2.47. The van der Waals surface area contributed by atoms with Gasteiger partial charge in [0.2, 0.25) is 5.91 Å². The molecule has 0 radical (unpaired) electrons. The number of hydrogen-bond donors (Lipinski definition) is 2. The van der Waals surface area contributed by atoms with Crippen molar-refractivity contribution < 1.29 is 14.7 Å². The molecular formula is C15H18ClNO3. The highest BCUT2D eigenvalue weighted by molar-refractivity contribution is 6.17. The predicted molar refractivity (Wildman–Crippen MR) is 78.0 cm³/mol. The molecule has 108 valence electrons. The van der Waals surface area contributed by atoms with Gasteiger partial charge in [0.1, 0.15) is 5.78 Å². The number of nitrogens with one attached hydrogen (secondary N) is 1. The van der Waals surface area contributed by atoms with E-state index < -0.39 is 12.0 Å². The summed E-state index contributed by atoms with van der Waals surface area (Å²) in [5, 5.41) is 12.5. The van der Waals surface area contributed by atoms with E-state index in [0.717, 1.165) is 11.3 Å². The Kier molecular flexibility index (Phi) is 5.15. The van der Waals surface area contributed by atoms with Gasteiger partial charge in [0.15, 0.2) is 0 Å². The Labute approximate surface area is 123 Å². The van der Waals surface area contributed by atoms with Crippen LogP contribution in [0.5, 0.6) is 0 Å². The van der Waals surface area contributed by atoms with Gasteiger partial charge in [0, 0.05) is 24.4 Å². The summed E-state index contributed by atoms with van der Waals surface area (Å²) in [5.74, 6) is -0.193. The number of benzene rings is 1. The van der Waals surface area contributed by atoms with Crippen molar-refractivity contribution in [3.63, 3.8) is 0 Å². The fourth-order valence-corrected chi connectivity index (χ4v) is 2.62. The molecule has 0 saturated carbocycles. The van der Waals surface area contributed by atoms with Gasteiger partial charge in [0.05, 0.1) is 12.0 Å². The zero-order chi connectivity index (χ0) is 14.5. The molecule has 1 amide bonds. The normalized spacial score (nSPS) is 18.5. The molecule has 0 aromatic heterocycles. The van der Waals surface area contributed by atoms with Crippen molar-refractivity contribution in [3.05, 3.63) is 29.8 Å². The number of ketones is 1. The summed E-state index contributed by atoms with van der Waals surface area (Å²) >= 11 is 5.55. The molecule has 0 bridgehead atoms. The van der Waals surface area contributed by atoms with Gasteiger partial charge in [-0.2, -0.15) is 0 Å². The third-order valence-corrected chi connectivity index (χ3v) is 3.74. The number of rotatable bonds is 7. The number of halogens is 1. The molecule has 2 atom stereocenters. The molecule has 4 nitrogen and oxygen atoms in total. The summed E-state index contributed by atoms with van der Waals surface area (Å²) < 4.78 is 0. The summed E-state index contributed by atoms with van der Waals surface area (Å²) in [5.41, 5.74) is 1.64. The maximum atomic E-state index is 12.0. The maximum Gasteiger partial charge on any atom is 0.232 e. The monoisotopic (exact) mass is 295 g/mol. The van der Waals surface area contributed by atoms with Gasteiger partial charge in [-0.1, -0.05) is 18.2 Å². The van der Waals surface area contributed by atoms with E-state index in [0.29, 0.717) is 18.7 Å².